The largest absolute Gasteiger partial charge is 0.465 e. The van der Waals surface area contributed by atoms with Gasteiger partial charge in [-0.3, -0.25) is 4.90 Å². The molecule has 0 saturated heterocycles. The summed E-state index contributed by atoms with van der Waals surface area (Å²) in [6, 6.07) is 4.63. The Morgan fingerprint density at radius 2 is 2.05 bits per heavy atom. The third-order valence-electron chi connectivity index (χ3n) is 2.46. The van der Waals surface area contributed by atoms with E-state index in [1.54, 1.807) is 12.1 Å². The summed E-state index contributed by atoms with van der Waals surface area (Å²) in [7, 11) is 2.51. The lowest BCUT2D eigenvalue weighted by molar-refractivity contribution is -0.144. The van der Waals surface area contributed by atoms with E-state index in [0.717, 1.165) is 4.90 Å². The first kappa shape index (κ1) is 15.3. The third kappa shape index (κ3) is 4.44. The number of carbonyl (C=O) groups is 1. The molecule has 19 heavy (non-hydrogen) atoms. The van der Waals surface area contributed by atoms with Crippen LogP contribution in [0.2, 0.25) is 0 Å². The van der Waals surface area contributed by atoms with Crippen molar-refractivity contribution in [3.8, 4) is 0 Å². The summed E-state index contributed by atoms with van der Waals surface area (Å²) in [6.45, 7) is -1.11. The predicted octanol–water partition coefficient (Wildman–Crippen LogP) is 2.05. The molecule has 1 rings (SSSR count). The first-order valence-electron chi connectivity index (χ1n) is 5.45. The molecule has 4 nitrogen and oxygen atoms in total. The van der Waals surface area contributed by atoms with Crippen LogP contribution in [-0.2, 0) is 11.3 Å². The molecule has 7 heteroatoms. The zero-order valence-electron chi connectivity index (χ0n) is 10.6. The Morgan fingerprint density at radius 3 is 2.58 bits per heavy atom. The van der Waals surface area contributed by atoms with E-state index in [1.807, 2.05) is 0 Å². The summed E-state index contributed by atoms with van der Waals surface area (Å²) in [4.78, 5) is 12.6. The highest BCUT2D eigenvalue weighted by molar-refractivity contribution is 5.96. The van der Waals surface area contributed by atoms with Gasteiger partial charge in [-0.1, -0.05) is 12.1 Å². The minimum absolute atomic E-state index is 0.0466. The van der Waals surface area contributed by atoms with Gasteiger partial charge in [-0.25, -0.2) is 4.79 Å². The quantitative estimate of drug-likeness (QED) is 0.675. The summed E-state index contributed by atoms with van der Waals surface area (Å²) < 4.78 is 41.3. The predicted molar refractivity (Wildman–Crippen MR) is 64.6 cm³/mol. The van der Waals surface area contributed by atoms with Crippen LogP contribution in [0.15, 0.2) is 18.2 Å². The van der Waals surface area contributed by atoms with Crippen molar-refractivity contribution in [1.82, 2.24) is 4.90 Å². The summed E-state index contributed by atoms with van der Waals surface area (Å²) in [5.41, 5.74) is 6.36. The molecule has 0 saturated carbocycles. The zero-order valence-corrected chi connectivity index (χ0v) is 10.6. The standard InChI is InChI=1S/C12H15F3N2O2/c1-17(7-12(13,14)15)6-8-4-3-5-9(16)10(8)11(18)19-2/h3-5H,6-7,16H2,1-2H3. The van der Waals surface area contributed by atoms with E-state index in [1.165, 1.54) is 20.2 Å². The maximum atomic E-state index is 12.3. The number of hydrogen-bond acceptors (Lipinski definition) is 4. The number of carbonyl (C=O) groups excluding carboxylic acids is 1. The molecular weight excluding hydrogens is 261 g/mol. The number of esters is 1. The molecule has 0 aromatic heterocycles. The summed E-state index contributed by atoms with van der Waals surface area (Å²) in [5.74, 6) is -0.659. The number of rotatable bonds is 4. The van der Waals surface area contributed by atoms with Crippen molar-refractivity contribution in [2.24, 2.45) is 0 Å². The molecule has 0 fully saturated rings. The van der Waals surface area contributed by atoms with Crippen LogP contribution in [0, 0.1) is 0 Å². The Hall–Kier alpha value is -1.76. The van der Waals surface area contributed by atoms with Crippen molar-refractivity contribution in [2.45, 2.75) is 12.7 Å². The van der Waals surface area contributed by atoms with E-state index in [2.05, 4.69) is 4.74 Å². The molecule has 2 N–H and O–H groups in total. The van der Waals surface area contributed by atoms with Crippen LogP contribution in [-0.4, -0.2) is 37.7 Å². The number of nitrogens with zero attached hydrogens (tertiary/aromatic N) is 1. The number of hydrogen-bond donors (Lipinski definition) is 1. The molecule has 0 aliphatic carbocycles. The lowest BCUT2D eigenvalue weighted by Crippen LogP contribution is -2.31. The van der Waals surface area contributed by atoms with Gasteiger partial charge in [0.25, 0.3) is 0 Å². The monoisotopic (exact) mass is 276 g/mol. The SMILES string of the molecule is COC(=O)c1c(N)cccc1CN(C)CC(F)(F)F. The van der Waals surface area contributed by atoms with Crippen LogP contribution < -0.4 is 5.73 Å². The highest BCUT2D eigenvalue weighted by Crippen LogP contribution is 2.21. The van der Waals surface area contributed by atoms with Crippen LogP contribution >= 0.6 is 0 Å². The molecule has 0 heterocycles. The number of ether oxygens (including phenoxy) is 1. The average molecular weight is 276 g/mol. The van der Waals surface area contributed by atoms with Gasteiger partial charge in [0.05, 0.1) is 19.2 Å². The summed E-state index contributed by atoms with van der Waals surface area (Å²) >= 11 is 0. The fourth-order valence-corrected chi connectivity index (χ4v) is 1.76. The number of anilines is 1. The summed E-state index contributed by atoms with van der Waals surface area (Å²) in [6.07, 6.45) is -4.29. The zero-order chi connectivity index (χ0) is 14.6. The summed E-state index contributed by atoms with van der Waals surface area (Å²) in [5, 5.41) is 0. The lowest BCUT2D eigenvalue weighted by Gasteiger charge is -2.20. The van der Waals surface area contributed by atoms with Gasteiger partial charge in [0.15, 0.2) is 0 Å². The Morgan fingerprint density at radius 1 is 1.42 bits per heavy atom. The Labute approximate surface area is 108 Å². The van der Waals surface area contributed by atoms with Gasteiger partial charge in [-0.15, -0.1) is 0 Å². The number of nitrogen functional groups attached to an aromatic ring is 1. The van der Waals surface area contributed by atoms with Crippen molar-refractivity contribution in [2.75, 3.05) is 26.4 Å². The van der Waals surface area contributed by atoms with Crippen LogP contribution in [0.25, 0.3) is 0 Å². The van der Waals surface area contributed by atoms with E-state index in [0.29, 0.717) is 5.56 Å². The molecule has 1 aromatic carbocycles. The first-order valence-corrected chi connectivity index (χ1v) is 5.45. The van der Waals surface area contributed by atoms with Crippen LogP contribution in [0.4, 0.5) is 18.9 Å². The van der Waals surface area contributed by atoms with Crippen LogP contribution in [0.3, 0.4) is 0 Å². The van der Waals surface area contributed by atoms with Gasteiger partial charge in [0.1, 0.15) is 0 Å². The topological polar surface area (TPSA) is 55.6 Å². The minimum atomic E-state index is -4.29. The molecule has 0 aliphatic rings. The van der Waals surface area contributed by atoms with Gasteiger partial charge in [-0.2, -0.15) is 13.2 Å². The Balaban J connectivity index is 2.95. The number of methoxy groups -OCH3 is 1. The lowest BCUT2D eigenvalue weighted by atomic mass is 10.1. The molecule has 0 atom stereocenters. The molecule has 106 valence electrons. The van der Waals surface area contributed by atoms with E-state index in [4.69, 9.17) is 5.73 Å². The van der Waals surface area contributed by atoms with Crippen molar-refractivity contribution in [3.63, 3.8) is 0 Å². The molecular formula is C12H15F3N2O2. The number of nitrogens with two attached hydrogens (primary N) is 1. The van der Waals surface area contributed by atoms with Crippen LogP contribution in [0.1, 0.15) is 15.9 Å². The van der Waals surface area contributed by atoms with Gasteiger partial charge in [0, 0.05) is 12.2 Å². The fourth-order valence-electron chi connectivity index (χ4n) is 1.76. The maximum Gasteiger partial charge on any atom is 0.401 e. The minimum Gasteiger partial charge on any atom is -0.465 e. The van der Waals surface area contributed by atoms with Crippen molar-refractivity contribution in [3.05, 3.63) is 29.3 Å². The number of alkyl halides is 3. The molecule has 0 spiro atoms. The van der Waals surface area contributed by atoms with E-state index < -0.39 is 18.7 Å². The molecule has 0 radical (unpaired) electrons. The number of halogens is 3. The van der Waals surface area contributed by atoms with Crippen molar-refractivity contribution < 1.29 is 22.7 Å². The maximum absolute atomic E-state index is 12.3. The highest BCUT2D eigenvalue weighted by Gasteiger charge is 2.29. The van der Waals surface area contributed by atoms with E-state index in [9.17, 15) is 18.0 Å². The van der Waals surface area contributed by atoms with Crippen molar-refractivity contribution >= 4 is 11.7 Å². The third-order valence-corrected chi connectivity index (χ3v) is 2.46. The first-order chi connectivity index (χ1) is 8.74. The van der Waals surface area contributed by atoms with E-state index in [-0.39, 0.29) is 17.8 Å². The number of benzene rings is 1. The molecule has 0 unspecified atom stereocenters. The Kier molecular flexibility index (Phi) is 4.77. The van der Waals surface area contributed by atoms with Gasteiger partial charge in [-0.05, 0) is 18.7 Å². The highest BCUT2D eigenvalue weighted by atomic mass is 19.4. The van der Waals surface area contributed by atoms with E-state index >= 15 is 0 Å². The fraction of sp³-hybridized carbons (Fsp3) is 0.417. The smallest absolute Gasteiger partial charge is 0.401 e. The molecule has 0 bridgehead atoms. The normalized spacial score (nSPS) is 11.7. The molecule has 0 amide bonds. The second kappa shape index (κ2) is 5.92. The molecule has 1 aromatic rings. The van der Waals surface area contributed by atoms with Gasteiger partial charge >= 0.3 is 12.1 Å². The van der Waals surface area contributed by atoms with Crippen molar-refractivity contribution in [1.29, 1.82) is 0 Å². The Bertz CT molecular complexity index is 461. The van der Waals surface area contributed by atoms with Crippen LogP contribution in [0.5, 0.6) is 0 Å². The van der Waals surface area contributed by atoms with Gasteiger partial charge < -0.3 is 10.5 Å². The average Bonchev–Trinajstić information content (AvgIpc) is 2.25. The van der Waals surface area contributed by atoms with Gasteiger partial charge in [0.2, 0.25) is 0 Å². The second-order valence-electron chi connectivity index (χ2n) is 4.16. The second-order valence-corrected chi connectivity index (χ2v) is 4.16. The molecule has 0 aliphatic heterocycles.